The summed E-state index contributed by atoms with van der Waals surface area (Å²) in [6.45, 7) is 4.67. The van der Waals surface area contributed by atoms with Gasteiger partial charge in [-0.15, -0.1) is 0 Å². The molecule has 4 rings (SSSR count). The van der Waals surface area contributed by atoms with Gasteiger partial charge in [0.05, 0.1) is 31.5 Å². The fourth-order valence-corrected chi connectivity index (χ4v) is 4.11. The molecule has 2 saturated heterocycles. The summed E-state index contributed by atoms with van der Waals surface area (Å²) in [6.07, 6.45) is 7.95. The second-order valence-corrected chi connectivity index (χ2v) is 7.56. The van der Waals surface area contributed by atoms with Crippen molar-refractivity contribution in [2.45, 2.75) is 50.9 Å². The van der Waals surface area contributed by atoms with Crippen molar-refractivity contribution in [1.29, 1.82) is 0 Å². The van der Waals surface area contributed by atoms with Gasteiger partial charge in [0, 0.05) is 24.6 Å². The standard InChI is InChI=1S/C20H26N2O3/c1-15-5-4-8-17(21-15)12-24-18-9-10-25-20(11-18)13-22(14-20)19(23)16-6-2-3-7-16/h2-5,8,16,18H,6-7,9-14H2,1H3/t18-/m1/s1. The Morgan fingerprint density at radius 3 is 2.92 bits per heavy atom. The third kappa shape index (κ3) is 3.62. The van der Waals surface area contributed by atoms with Crippen LogP contribution in [0.1, 0.15) is 37.1 Å². The lowest BCUT2D eigenvalue weighted by atomic mass is 9.83. The molecule has 1 aromatic rings. The van der Waals surface area contributed by atoms with Crippen LogP contribution >= 0.6 is 0 Å². The largest absolute Gasteiger partial charge is 0.372 e. The molecule has 0 radical (unpaired) electrons. The lowest BCUT2D eigenvalue weighted by Gasteiger charge is -2.53. The van der Waals surface area contributed by atoms with Crippen molar-refractivity contribution in [3.05, 3.63) is 41.7 Å². The number of aromatic nitrogens is 1. The molecule has 1 aromatic heterocycles. The summed E-state index contributed by atoms with van der Waals surface area (Å²) in [6, 6.07) is 6.01. The maximum absolute atomic E-state index is 12.5. The summed E-state index contributed by atoms with van der Waals surface area (Å²) in [5.74, 6) is 0.437. The molecule has 5 nitrogen and oxygen atoms in total. The third-order valence-corrected chi connectivity index (χ3v) is 5.49. The summed E-state index contributed by atoms with van der Waals surface area (Å²) in [4.78, 5) is 18.9. The van der Waals surface area contributed by atoms with Gasteiger partial charge in [0.15, 0.2) is 0 Å². The molecular weight excluding hydrogens is 316 g/mol. The number of pyridine rings is 1. The first kappa shape index (κ1) is 16.7. The van der Waals surface area contributed by atoms with E-state index < -0.39 is 0 Å². The number of ether oxygens (including phenoxy) is 2. The Morgan fingerprint density at radius 1 is 1.36 bits per heavy atom. The Kier molecular flexibility index (Phi) is 4.61. The molecular formula is C20H26N2O3. The van der Waals surface area contributed by atoms with Gasteiger partial charge in [0.2, 0.25) is 5.91 Å². The number of rotatable bonds is 4. The SMILES string of the molecule is Cc1cccc(CO[C@@H]2CCOC3(C2)CN(C(=O)C2CC=CC2)C3)n1. The number of allylic oxidation sites excluding steroid dienone is 2. The fourth-order valence-electron chi connectivity index (χ4n) is 4.11. The second kappa shape index (κ2) is 6.89. The smallest absolute Gasteiger partial charge is 0.226 e. The van der Waals surface area contributed by atoms with Crippen molar-refractivity contribution < 1.29 is 14.3 Å². The average Bonchev–Trinajstić information content (AvgIpc) is 3.12. The van der Waals surface area contributed by atoms with Crippen LogP contribution in [-0.2, 0) is 20.9 Å². The van der Waals surface area contributed by atoms with Crippen LogP contribution in [0.4, 0.5) is 0 Å². The van der Waals surface area contributed by atoms with Gasteiger partial charge in [-0.25, -0.2) is 0 Å². The number of hydrogen-bond acceptors (Lipinski definition) is 4. The summed E-state index contributed by atoms with van der Waals surface area (Å²) >= 11 is 0. The van der Waals surface area contributed by atoms with E-state index >= 15 is 0 Å². The molecule has 3 heterocycles. The molecule has 0 aromatic carbocycles. The molecule has 5 heteroatoms. The fraction of sp³-hybridized carbons (Fsp3) is 0.600. The molecule has 0 bridgehead atoms. The Balaban J connectivity index is 1.28. The monoisotopic (exact) mass is 342 g/mol. The Hall–Kier alpha value is -1.72. The van der Waals surface area contributed by atoms with Crippen LogP contribution < -0.4 is 0 Å². The third-order valence-electron chi connectivity index (χ3n) is 5.49. The lowest BCUT2D eigenvalue weighted by Crippen LogP contribution is -2.68. The molecule has 2 aliphatic heterocycles. The summed E-state index contributed by atoms with van der Waals surface area (Å²) < 4.78 is 12.1. The highest BCUT2D eigenvalue weighted by molar-refractivity contribution is 5.80. The van der Waals surface area contributed by atoms with E-state index in [1.165, 1.54) is 0 Å². The van der Waals surface area contributed by atoms with E-state index in [-0.39, 0.29) is 23.5 Å². The lowest BCUT2D eigenvalue weighted by molar-refractivity contribution is -0.204. The molecule has 0 saturated carbocycles. The quantitative estimate of drug-likeness (QED) is 0.790. The summed E-state index contributed by atoms with van der Waals surface area (Å²) in [5, 5.41) is 0. The first-order chi connectivity index (χ1) is 12.1. The topological polar surface area (TPSA) is 51.7 Å². The number of carbonyl (C=O) groups is 1. The van der Waals surface area contributed by atoms with Crippen molar-refractivity contribution in [3.63, 3.8) is 0 Å². The number of hydrogen-bond donors (Lipinski definition) is 0. The Labute approximate surface area is 149 Å². The first-order valence-corrected chi connectivity index (χ1v) is 9.25. The van der Waals surface area contributed by atoms with Gasteiger partial charge in [0.25, 0.3) is 0 Å². The number of amides is 1. The van der Waals surface area contributed by atoms with Crippen molar-refractivity contribution in [3.8, 4) is 0 Å². The molecule has 0 unspecified atom stereocenters. The van der Waals surface area contributed by atoms with Crippen LogP contribution in [0.5, 0.6) is 0 Å². The maximum atomic E-state index is 12.5. The van der Waals surface area contributed by atoms with Crippen molar-refractivity contribution in [1.82, 2.24) is 9.88 Å². The highest BCUT2D eigenvalue weighted by atomic mass is 16.5. The van der Waals surface area contributed by atoms with E-state index in [0.717, 1.165) is 37.1 Å². The van der Waals surface area contributed by atoms with Crippen molar-refractivity contribution in [2.75, 3.05) is 19.7 Å². The average molecular weight is 342 g/mol. The minimum atomic E-state index is -0.190. The van der Waals surface area contributed by atoms with E-state index in [2.05, 4.69) is 17.1 Å². The maximum Gasteiger partial charge on any atom is 0.226 e. The summed E-state index contributed by atoms with van der Waals surface area (Å²) in [5.41, 5.74) is 1.80. The Bertz CT molecular complexity index is 659. The number of nitrogens with zero attached hydrogens (tertiary/aromatic N) is 2. The van der Waals surface area contributed by atoms with Gasteiger partial charge in [-0.3, -0.25) is 9.78 Å². The highest BCUT2D eigenvalue weighted by Crippen LogP contribution is 2.37. The van der Waals surface area contributed by atoms with Crippen molar-refractivity contribution in [2.24, 2.45) is 5.92 Å². The van der Waals surface area contributed by atoms with E-state index in [9.17, 15) is 4.79 Å². The Morgan fingerprint density at radius 2 is 2.16 bits per heavy atom. The molecule has 1 spiro atoms. The van der Waals surface area contributed by atoms with Gasteiger partial charge in [-0.05, 0) is 38.3 Å². The molecule has 1 amide bonds. The zero-order valence-corrected chi connectivity index (χ0v) is 14.8. The zero-order valence-electron chi connectivity index (χ0n) is 14.8. The van der Waals surface area contributed by atoms with Crippen molar-refractivity contribution >= 4 is 5.91 Å². The first-order valence-electron chi connectivity index (χ1n) is 9.25. The highest BCUT2D eigenvalue weighted by Gasteiger charge is 2.50. The van der Waals surface area contributed by atoms with Crippen LogP contribution in [0.25, 0.3) is 0 Å². The summed E-state index contributed by atoms with van der Waals surface area (Å²) in [7, 11) is 0. The van der Waals surface area contributed by atoms with Crippen LogP contribution in [-0.4, -0.2) is 47.2 Å². The van der Waals surface area contributed by atoms with E-state index in [0.29, 0.717) is 26.3 Å². The predicted octanol–water partition coefficient (Wildman–Crippen LogP) is 2.63. The molecule has 3 aliphatic rings. The van der Waals surface area contributed by atoms with Crippen LogP contribution in [0.2, 0.25) is 0 Å². The van der Waals surface area contributed by atoms with E-state index in [1.807, 2.05) is 30.0 Å². The van der Waals surface area contributed by atoms with Crippen LogP contribution in [0.3, 0.4) is 0 Å². The van der Waals surface area contributed by atoms with E-state index in [1.54, 1.807) is 0 Å². The molecule has 25 heavy (non-hydrogen) atoms. The molecule has 1 aliphatic carbocycles. The number of carbonyl (C=O) groups excluding carboxylic acids is 1. The van der Waals surface area contributed by atoms with Gasteiger partial charge in [0.1, 0.15) is 5.60 Å². The van der Waals surface area contributed by atoms with Gasteiger partial charge >= 0.3 is 0 Å². The van der Waals surface area contributed by atoms with Crippen LogP contribution in [0.15, 0.2) is 30.4 Å². The minimum absolute atomic E-state index is 0.153. The van der Waals surface area contributed by atoms with Gasteiger partial charge < -0.3 is 14.4 Å². The molecule has 1 atom stereocenters. The zero-order chi connectivity index (χ0) is 17.3. The van der Waals surface area contributed by atoms with Crippen LogP contribution in [0, 0.1) is 12.8 Å². The predicted molar refractivity (Wildman–Crippen MR) is 93.9 cm³/mol. The minimum Gasteiger partial charge on any atom is -0.372 e. The van der Waals surface area contributed by atoms with Gasteiger partial charge in [-0.2, -0.15) is 0 Å². The molecule has 0 N–H and O–H groups in total. The molecule has 134 valence electrons. The number of likely N-dealkylation sites (tertiary alicyclic amines) is 1. The van der Waals surface area contributed by atoms with E-state index in [4.69, 9.17) is 9.47 Å². The molecule has 2 fully saturated rings. The number of aryl methyl sites for hydroxylation is 1. The second-order valence-electron chi connectivity index (χ2n) is 7.56. The van der Waals surface area contributed by atoms with Gasteiger partial charge in [-0.1, -0.05) is 18.2 Å². The normalized spacial score (nSPS) is 25.3.